The number of ether oxygens (including phenoxy) is 5. The van der Waals surface area contributed by atoms with Crippen LogP contribution >= 0.6 is 0 Å². The molecule has 0 radical (unpaired) electrons. The number of carbonyl (C=O) groups is 2. The van der Waals surface area contributed by atoms with Crippen LogP contribution in [0, 0.1) is 0 Å². The van der Waals surface area contributed by atoms with E-state index in [0.29, 0.717) is 62.2 Å². The Morgan fingerprint density at radius 2 is 1.66 bits per heavy atom. The van der Waals surface area contributed by atoms with Crippen molar-refractivity contribution in [1.82, 2.24) is 5.01 Å². The third kappa shape index (κ3) is 10.7. The molecule has 0 spiro atoms. The quantitative estimate of drug-likeness (QED) is 0.160. The molecule has 0 saturated carbocycles. The van der Waals surface area contributed by atoms with E-state index in [1.54, 1.807) is 31.4 Å². The van der Waals surface area contributed by atoms with E-state index in [1.807, 2.05) is 25.1 Å². The van der Waals surface area contributed by atoms with Gasteiger partial charge in [-0.3, -0.25) is 9.59 Å². The summed E-state index contributed by atoms with van der Waals surface area (Å²) in [5.41, 5.74) is 2.29. The lowest BCUT2D eigenvalue weighted by molar-refractivity contribution is -0.145. The molecular weight excluding hydrogens is 524 g/mol. The standard InChI is InChI=1S/C32H44N2O7/c1-4-6-7-8-9-12-31(35)41-23-21-38-20-22-40-27-16-13-25(14-17-27)32(36)34-19-10-11-28(33-34)26-15-18-29(37-3)30(24-26)39-5-2/h13-18,24H,4-12,19-23H2,1-3H3. The van der Waals surface area contributed by atoms with E-state index < -0.39 is 0 Å². The maximum Gasteiger partial charge on any atom is 0.305 e. The van der Waals surface area contributed by atoms with Crippen LogP contribution in [-0.2, 0) is 14.3 Å². The van der Waals surface area contributed by atoms with Crippen LogP contribution in [0.3, 0.4) is 0 Å². The molecule has 2 aromatic carbocycles. The van der Waals surface area contributed by atoms with E-state index >= 15 is 0 Å². The highest BCUT2D eigenvalue weighted by Gasteiger charge is 2.21. The average molecular weight is 569 g/mol. The Balaban J connectivity index is 1.39. The predicted octanol–water partition coefficient (Wildman–Crippen LogP) is 6.03. The van der Waals surface area contributed by atoms with E-state index in [-0.39, 0.29) is 18.5 Å². The van der Waals surface area contributed by atoms with Crippen molar-refractivity contribution in [3.8, 4) is 17.2 Å². The third-order valence-electron chi connectivity index (χ3n) is 6.63. The molecule has 3 rings (SSSR count). The summed E-state index contributed by atoms with van der Waals surface area (Å²) in [6.07, 6.45) is 7.58. The lowest BCUT2D eigenvalue weighted by Gasteiger charge is -2.24. The van der Waals surface area contributed by atoms with Gasteiger partial charge in [-0.1, -0.05) is 32.6 Å². The molecule has 1 heterocycles. The van der Waals surface area contributed by atoms with Crippen molar-refractivity contribution in [3.05, 3.63) is 53.6 Å². The minimum Gasteiger partial charge on any atom is -0.493 e. The maximum atomic E-state index is 13.1. The van der Waals surface area contributed by atoms with Crippen LogP contribution in [0.25, 0.3) is 0 Å². The summed E-state index contributed by atoms with van der Waals surface area (Å²) < 4.78 is 27.5. The number of methoxy groups -OCH3 is 1. The minimum atomic E-state index is -0.168. The zero-order chi connectivity index (χ0) is 29.3. The molecule has 0 atom stereocenters. The summed E-state index contributed by atoms with van der Waals surface area (Å²) in [4.78, 5) is 24.9. The number of benzene rings is 2. The van der Waals surface area contributed by atoms with Crippen molar-refractivity contribution >= 4 is 17.6 Å². The summed E-state index contributed by atoms with van der Waals surface area (Å²) in [7, 11) is 1.61. The van der Waals surface area contributed by atoms with Crippen molar-refractivity contribution in [1.29, 1.82) is 0 Å². The van der Waals surface area contributed by atoms with E-state index in [2.05, 4.69) is 12.0 Å². The first-order chi connectivity index (χ1) is 20.0. The molecule has 0 aromatic heterocycles. The van der Waals surface area contributed by atoms with Gasteiger partial charge in [0.2, 0.25) is 0 Å². The summed E-state index contributed by atoms with van der Waals surface area (Å²) in [6, 6.07) is 12.7. The molecule has 0 N–H and O–H groups in total. The Bertz CT molecular complexity index is 1120. The maximum absolute atomic E-state index is 13.1. The molecule has 1 aliphatic rings. The third-order valence-corrected chi connectivity index (χ3v) is 6.63. The number of unbranched alkanes of at least 4 members (excludes halogenated alkanes) is 4. The fraction of sp³-hybridized carbons (Fsp3) is 0.531. The largest absolute Gasteiger partial charge is 0.493 e. The number of esters is 1. The van der Waals surface area contributed by atoms with Crippen molar-refractivity contribution in [3.63, 3.8) is 0 Å². The molecular formula is C32H44N2O7. The number of hydrogen-bond donors (Lipinski definition) is 0. The highest BCUT2D eigenvalue weighted by molar-refractivity contribution is 6.03. The van der Waals surface area contributed by atoms with Gasteiger partial charge < -0.3 is 23.7 Å². The number of hydrazone groups is 1. The summed E-state index contributed by atoms with van der Waals surface area (Å²) >= 11 is 0. The van der Waals surface area contributed by atoms with Crippen LogP contribution in [0.1, 0.15) is 81.1 Å². The topological polar surface area (TPSA) is 95.9 Å². The van der Waals surface area contributed by atoms with Gasteiger partial charge in [0.1, 0.15) is 19.0 Å². The summed E-state index contributed by atoms with van der Waals surface area (Å²) in [5.74, 6) is 1.64. The lowest BCUT2D eigenvalue weighted by Crippen LogP contribution is -2.32. The number of nitrogens with zero attached hydrogens (tertiary/aromatic N) is 2. The Labute approximate surface area is 243 Å². The number of amides is 1. The lowest BCUT2D eigenvalue weighted by atomic mass is 10.0. The molecule has 0 aliphatic carbocycles. The van der Waals surface area contributed by atoms with Crippen molar-refractivity contribution in [2.45, 2.75) is 65.2 Å². The zero-order valence-electron chi connectivity index (χ0n) is 24.7. The SMILES string of the molecule is CCCCCCCC(=O)OCCOCCOc1ccc(C(=O)N2CCCC(c3ccc(OC)c(OCC)c3)=N2)cc1. The highest BCUT2D eigenvalue weighted by atomic mass is 16.6. The van der Waals surface area contributed by atoms with Gasteiger partial charge >= 0.3 is 5.97 Å². The zero-order valence-corrected chi connectivity index (χ0v) is 24.7. The first-order valence-corrected chi connectivity index (χ1v) is 14.7. The average Bonchev–Trinajstić information content (AvgIpc) is 3.00. The van der Waals surface area contributed by atoms with Crippen molar-refractivity contribution in [2.24, 2.45) is 5.10 Å². The minimum absolute atomic E-state index is 0.161. The molecule has 41 heavy (non-hydrogen) atoms. The van der Waals surface area contributed by atoms with Crippen molar-refractivity contribution in [2.75, 3.05) is 46.7 Å². The van der Waals surface area contributed by atoms with Gasteiger partial charge in [0.15, 0.2) is 11.5 Å². The van der Waals surface area contributed by atoms with Gasteiger partial charge in [-0.25, -0.2) is 5.01 Å². The Hall–Kier alpha value is -3.59. The molecule has 1 amide bonds. The molecule has 0 bridgehead atoms. The molecule has 9 nitrogen and oxygen atoms in total. The number of rotatable bonds is 18. The fourth-order valence-electron chi connectivity index (χ4n) is 4.44. The van der Waals surface area contributed by atoms with Gasteiger partial charge in [0.25, 0.3) is 5.91 Å². The molecule has 0 fully saturated rings. The number of carbonyl (C=O) groups excluding carboxylic acids is 2. The van der Waals surface area contributed by atoms with Crippen LogP contribution in [0.2, 0.25) is 0 Å². The Morgan fingerprint density at radius 3 is 2.41 bits per heavy atom. The van der Waals surface area contributed by atoms with Gasteiger partial charge in [-0.2, -0.15) is 5.10 Å². The smallest absolute Gasteiger partial charge is 0.305 e. The van der Waals surface area contributed by atoms with Gasteiger partial charge in [-0.15, -0.1) is 0 Å². The monoisotopic (exact) mass is 568 g/mol. The Kier molecular flexibility index (Phi) is 14.0. The van der Waals surface area contributed by atoms with E-state index in [0.717, 1.165) is 37.0 Å². The van der Waals surface area contributed by atoms with Crippen LogP contribution in [0.5, 0.6) is 17.2 Å². The number of hydrogen-bond acceptors (Lipinski definition) is 8. The van der Waals surface area contributed by atoms with E-state index in [1.165, 1.54) is 24.3 Å². The predicted molar refractivity (Wildman–Crippen MR) is 158 cm³/mol. The summed E-state index contributed by atoms with van der Waals surface area (Å²) in [6.45, 7) is 6.48. The van der Waals surface area contributed by atoms with Crippen LogP contribution in [-0.4, -0.2) is 69.3 Å². The first kappa shape index (κ1) is 31.9. The summed E-state index contributed by atoms with van der Waals surface area (Å²) in [5, 5.41) is 6.17. The molecule has 9 heteroatoms. The van der Waals surface area contributed by atoms with Crippen molar-refractivity contribution < 1.29 is 33.3 Å². The molecule has 1 aliphatic heterocycles. The van der Waals surface area contributed by atoms with Gasteiger partial charge in [0, 0.05) is 24.1 Å². The fourth-order valence-corrected chi connectivity index (χ4v) is 4.44. The van der Waals surface area contributed by atoms with Gasteiger partial charge in [0.05, 0.1) is 32.6 Å². The first-order valence-electron chi connectivity index (χ1n) is 14.7. The van der Waals surface area contributed by atoms with E-state index in [9.17, 15) is 9.59 Å². The second kappa shape index (κ2) is 18.0. The van der Waals surface area contributed by atoms with Crippen LogP contribution in [0.4, 0.5) is 0 Å². The molecule has 0 saturated heterocycles. The molecule has 0 unspecified atom stereocenters. The second-order valence-electron chi connectivity index (χ2n) is 9.75. The molecule has 2 aromatic rings. The van der Waals surface area contributed by atoms with Gasteiger partial charge in [-0.05, 0) is 68.7 Å². The Morgan fingerprint density at radius 1 is 0.878 bits per heavy atom. The van der Waals surface area contributed by atoms with E-state index in [4.69, 9.17) is 23.7 Å². The van der Waals surface area contributed by atoms with Crippen LogP contribution in [0.15, 0.2) is 47.6 Å². The normalized spacial score (nSPS) is 13.0. The molecule has 224 valence electrons. The highest BCUT2D eigenvalue weighted by Crippen LogP contribution is 2.29. The second-order valence-corrected chi connectivity index (χ2v) is 9.75. The van der Waals surface area contributed by atoms with Crippen LogP contribution < -0.4 is 14.2 Å².